The zero-order chi connectivity index (χ0) is 19.2. The van der Waals surface area contributed by atoms with Crippen LogP contribution >= 0.6 is 0 Å². The van der Waals surface area contributed by atoms with Gasteiger partial charge in [0, 0.05) is 35.2 Å². The molecule has 0 aliphatic carbocycles. The van der Waals surface area contributed by atoms with Crippen LogP contribution in [-0.2, 0) is 9.84 Å². The van der Waals surface area contributed by atoms with Crippen molar-refractivity contribution in [1.82, 2.24) is 10.3 Å². The van der Waals surface area contributed by atoms with Crippen LogP contribution in [0.25, 0.3) is 21.8 Å². The summed E-state index contributed by atoms with van der Waals surface area (Å²) in [6.07, 6.45) is 3.64. The van der Waals surface area contributed by atoms with E-state index in [0.717, 1.165) is 38.1 Å². The van der Waals surface area contributed by atoms with Gasteiger partial charge in [-0.3, -0.25) is 0 Å². The van der Waals surface area contributed by atoms with E-state index in [1.54, 1.807) is 0 Å². The van der Waals surface area contributed by atoms with Gasteiger partial charge in [-0.05, 0) is 44.0 Å². The molecule has 8 heteroatoms. The molecule has 1 aliphatic heterocycles. The average molecular weight is 394 g/mol. The van der Waals surface area contributed by atoms with E-state index in [1.807, 2.05) is 0 Å². The smallest absolute Gasteiger partial charge is 0.179 e. The number of hydrogen-bond donors (Lipinski definition) is 2. The van der Waals surface area contributed by atoms with Crippen LogP contribution < -0.4 is 10.1 Å². The minimum absolute atomic E-state index is 0.128. The van der Waals surface area contributed by atoms with Crippen LogP contribution in [0.1, 0.15) is 19.3 Å². The minimum atomic E-state index is -3.88. The first kappa shape index (κ1) is 18.2. The molecule has 1 saturated heterocycles. The zero-order valence-corrected chi connectivity index (χ0v) is 15.6. The standard InChI is InChI=1S/C19H20F2N2O3S/c1-27(24,25)19-14(21)9-16(26-12-4-2-3-7-22-10-12)18-17(19)13-8-11(20)5-6-15(13)23-18/h5-6,8-9,12,22-23H,2-4,7,10H2,1H3. The SMILES string of the molecule is CS(=O)(=O)c1c(F)cc(OC2CCCCNC2)c2[nH]c3ccc(F)cc3c12. The van der Waals surface area contributed by atoms with Gasteiger partial charge in [0.2, 0.25) is 0 Å². The summed E-state index contributed by atoms with van der Waals surface area (Å²) < 4.78 is 59.1. The maximum atomic E-state index is 14.8. The summed E-state index contributed by atoms with van der Waals surface area (Å²) in [7, 11) is -3.88. The Balaban J connectivity index is 1.97. The Kier molecular flexibility index (Phi) is 4.55. The maximum absolute atomic E-state index is 14.8. The summed E-state index contributed by atoms with van der Waals surface area (Å²) in [6.45, 7) is 1.54. The van der Waals surface area contributed by atoms with Gasteiger partial charge in [0.05, 0.1) is 5.52 Å². The number of H-pyrrole nitrogens is 1. The average Bonchev–Trinajstić information content (AvgIpc) is 2.76. The maximum Gasteiger partial charge on any atom is 0.179 e. The zero-order valence-electron chi connectivity index (χ0n) is 14.8. The molecule has 5 nitrogen and oxygen atoms in total. The third-order valence-electron chi connectivity index (χ3n) is 4.87. The molecule has 1 fully saturated rings. The van der Waals surface area contributed by atoms with Crippen LogP contribution in [0.2, 0.25) is 0 Å². The highest BCUT2D eigenvalue weighted by Gasteiger charge is 2.26. The van der Waals surface area contributed by atoms with Gasteiger partial charge in [0.15, 0.2) is 9.84 Å². The van der Waals surface area contributed by atoms with Crippen LogP contribution in [0.15, 0.2) is 29.2 Å². The minimum Gasteiger partial charge on any atom is -0.487 e. The Morgan fingerprint density at radius 3 is 2.78 bits per heavy atom. The van der Waals surface area contributed by atoms with Gasteiger partial charge in [-0.2, -0.15) is 0 Å². The Labute approximate surface area is 155 Å². The first-order chi connectivity index (χ1) is 12.8. The van der Waals surface area contributed by atoms with E-state index in [1.165, 1.54) is 18.2 Å². The molecule has 1 atom stereocenters. The molecule has 27 heavy (non-hydrogen) atoms. The van der Waals surface area contributed by atoms with Gasteiger partial charge in [-0.25, -0.2) is 17.2 Å². The Morgan fingerprint density at radius 2 is 2.00 bits per heavy atom. The predicted molar refractivity (Wildman–Crippen MR) is 100.0 cm³/mol. The molecule has 0 amide bonds. The third kappa shape index (κ3) is 3.39. The Morgan fingerprint density at radius 1 is 1.19 bits per heavy atom. The number of fused-ring (bicyclic) bond motifs is 3. The first-order valence-electron chi connectivity index (χ1n) is 8.85. The molecule has 1 unspecified atom stereocenters. The number of halogens is 2. The van der Waals surface area contributed by atoms with E-state index in [4.69, 9.17) is 4.74 Å². The van der Waals surface area contributed by atoms with Crippen LogP contribution in [0, 0.1) is 11.6 Å². The number of nitrogens with one attached hydrogen (secondary N) is 2. The molecule has 1 aliphatic rings. The van der Waals surface area contributed by atoms with Crippen molar-refractivity contribution in [3.8, 4) is 5.75 Å². The van der Waals surface area contributed by atoms with Crippen LogP contribution in [0.5, 0.6) is 5.75 Å². The quantitative estimate of drug-likeness (QED) is 0.713. The molecule has 1 aromatic heterocycles. The fraction of sp³-hybridized carbons (Fsp3) is 0.368. The van der Waals surface area contributed by atoms with Crippen molar-refractivity contribution < 1.29 is 21.9 Å². The van der Waals surface area contributed by atoms with Gasteiger partial charge >= 0.3 is 0 Å². The molecule has 144 valence electrons. The summed E-state index contributed by atoms with van der Waals surface area (Å²) >= 11 is 0. The first-order valence-corrected chi connectivity index (χ1v) is 10.7. The highest BCUT2D eigenvalue weighted by atomic mass is 32.2. The normalized spacial score (nSPS) is 18.7. The largest absolute Gasteiger partial charge is 0.487 e. The molecular formula is C19H20F2N2O3S. The van der Waals surface area contributed by atoms with Crippen molar-refractivity contribution in [1.29, 1.82) is 0 Å². The lowest BCUT2D eigenvalue weighted by Gasteiger charge is -2.18. The van der Waals surface area contributed by atoms with Crippen molar-refractivity contribution >= 4 is 31.6 Å². The van der Waals surface area contributed by atoms with E-state index < -0.39 is 26.4 Å². The third-order valence-corrected chi connectivity index (χ3v) is 6.02. The van der Waals surface area contributed by atoms with Crippen molar-refractivity contribution in [2.45, 2.75) is 30.3 Å². The molecule has 0 spiro atoms. The molecule has 0 saturated carbocycles. The fourth-order valence-corrected chi connectivity index (χ4v) is 4.68. The van der Waals surface area contributed by atoms with E-state index in [0.29, 0.717) is 23.0 Å². The Bertz CT molecular complexity index is 1120. The van der Waals surface area contributed by atoms with E-state index in [-0.39, 0.29) is 17.2 Å². The second-order valence-corrected chi connectivity index (χ2v) is 8.92. The number of rotatable bonds is 3. The summed E-state index contributed by atoms with van der Waals surface area (Å²) in [6, 6.07) is 5.09. The van der Waals surface area contributed by atoms with Crippen molar-refractivity contribution in [3.05, 3.63) is 35.9 Å². The van der Waals surface area contributed by atoms with Crippen LogP contribution in [0.4, 0.5) is 8.78 Å². The molecule has 2 heterocycles. The van der Waals surface area contributed by atoms with Crippen molar-refractivity contribution in [2.24, 2.45) is 0 Å². The monoisotopic (exact) mass is 394 g/mol. The van der Waals surface area contributed by atoms with Gasteiger partial charge in [-0.1, -0.05) is 0 Å². The van der Waals surface area contributed by atoms with E-state index in [9.17, 15) is 17.2 Å². The molecule has 3 aromatic rings. The Hall–Kier alpha value is -2.19. The summed E-state index contributed by atoms with van der Waals surface area (Å²) in [5, 5.41) is 3.72. The molecule has 2 N–H and O–H groups in total. The van der Waals surface area contributed by atoms with Crippen LogP contribution in [0.3, 0.4) is 0 Å². The van der Waals surface area contributed by atoms with Gasteiger partial charge in [-0.15, -0.1) is 0 Å². The van der Waals surface area contributed by atoms with Crippen molar-refractivity contribution in [2.75, 3.05) is 19.3 Å². The van der Waals surface area contributed by atoms with Gasteiger partial charge in [0.1, 0.15) is 28.4 Å². The lowest BCUT2D eigenvalue weighted by molar-refractivity contribution is 0.196. The summed E-state index contributed by atoms with van der Waals surface area (Å²) in [4.78, 5) is 2.63. The second kappa shape index (κ2) is 6.76. The molecule has 0 radical (unpaired) electrons. The van der Waals surface area contributed by atoms with Gasteiger partial charge in [0.25, 0.3) is 0 Å². The van der Waals surface area contributed by atoms with Crippen LogP contribution in [-0.4, -0.2) is 38.9 Å². The van der Waals surface area contributed by atoms with Gasteiger partial charge < -0.3 is 15.0 Å². The molecular weight excluding hydrogens is 374 g/mol. The van der Waals surface area contributed by atoms with E-state index in [2.05, 4.69) is 10.3 Å². The highest BCUT2D eigenvalue weighted by Crippen LogP contribution is 2.39. The number of ether oxygens (including phenoxy) is 1. The highest BCUT2D eigenvalue weighted by molar-refractivity contribution is 7.91. The lowest BCUT2D eigenvalue weighted by Crippen LogP contribution is -2.29. The summed E-state index contributed by atoms with van der Waals surface area (Å²) in [5.74, 6) is -1.19. The van der Waals surface area contributed by atoms with E-state index >= 15 is 0 Å². The number of aromatic nitrogens is 1. The fourth-order valence-electron chi connectivity index (χ4n) is 3.68. The molecule has 0 bridgehead atoms. The molecule has 4 rings (SSSR count). The van der Waals surface area contributed by atoms with Crippen molar-refractivity contribution in [3.63, 3.8) is 0 Å². The lowest BCUT2D eigenvalue weighted by atomic mass is 10.1. The number of aromatic amines is 1. The number of benzene rings is 2. The predicted octanol–water partition coefficient (Wildman–Crippen LogP) is 3.52. The molecule has 2 aromatic carbocycles. The number of hydrogen-bond acceptors (Lipinski definition) is 4. The second-order valence-electron chi connectivity index (χ2n) is 6.96. The summed E-state index contributed by atoms with van der Waals surface area (Å²) in [5.41, 5.74) is 0.882. The number of sulfone groups is 1. The topological polar surface area (TPSA) is 71.2 Å².